The van der Waals surface area contributed by atoms with E-state index in [1.807, 2.05) is 13.8 Å². The number of hydrogen-bond acceptors (Lipinski definition) is 6. The second-order valence-corrected chi connectivity index (χ2v) is 5.14. The van der Waals surface area contributed by atoms with E-state index in [4.69, 9.17) is 9.26 Å². The van der Waals surface area contributed by atoms with E-state index in [0.29, 0.717) is 12.5 Å². The van der Waals surface area contributed by atoms with Crippen LogP contribution in [0.3, 0.4) is 0 Å². The van der Waals surface area contributed by atoms with E-state index in [1.54, 1.807) is 0 Å². The number of esters is 1. The molecule has 0 N–H and O–H groups in total. The average molecular weight is 281 g/mol. The molecule has 112 valence electrons. The third-order valence-electron chi connectivity index (χ3n) is 3.85. The summed E-state index contributed by atoms with van der Waals surface area (Å²) in [5, 5.41) is 3.93. The van der Waals surface area contributed by atoms with Gasteiger partial charge in [0.05, 0.1) is 18.6 Å². The Kier molecular flexibility index (Phi) is 5.11. The number of aromatic nitrogens is 2. The molecule has 20 heavy (non-hydrogen) atoms. The summed E-state index contributed by atoms with van der Waals surface area (Å²) in [4.78, 5) is 18.4. The number of nitrogens with zero attached hydrogens (tertiary/aromatic N) is 3. The lowest BCUT2D eigenvalue weighted by atomic mass is 9.96. The molecule has 0 saturated carbocycles. The smallest absolute Gasteiger partial charge is 0.309 e. The first kappa shape index (κ1) is 15.0. The van der Waals surface area contributed by atoms with Crippen LogP contribution in [-0.2, 0) is 16.0 Å². The van der Waals surface area contributed by atoms with Gasteiger partial charge in [0.2, 0.25) is 5.89 Å². The summed E-state index contributed by atoms with van der Waals surface area (Å²) >= 11 is 0. The van der Waals surface area contributed by atoms with E-state index in [0.717, 1.165) is 38.2 Å². The maximum absolute atomic E-state index is 11.7. The molecule has 6 heteroatoms. The molecular formula is C14H23N3O3. The molecule has 0 spiro atoms. The topological polar surface area (TPSA) is 68.5 Å². The van der Waals surface area contributed by atoms with Crippen LogP contribution < -0.4 is 0 Å². The molecule has 1 unspecified atom stereocenters. The number of carbonyl (C=O) groups excluding carboxylic acids is 1. The highest BCUT2D eigenvalue weighted by atomic mass is 16.5. The van der Waals surface area contributed by atoms with Crippen LogP contribution in [0.15, 0.2) is 4.52 Å². The van der Waals surface area contributed by atoms with Crippen LogP contribution in [0.25, 0.3) is 0 Å². The van der Waals surface area contributed by atoms with Crippen molar-refractivity contribution in [3.05, 3.63) is 11.7 Å². The summed E-state index contributed by atoms with van der Waals surface area (Å²) in [5.74, 6) is 1.38. The van der Waals surface area contributed by atoms with Gasteiger partial charge in [-0.05, 0) is 39.8 Å². The molecule has 6 nitrogen and oxygen atoms in total. The van der Waals surface area contributed by atoms with Gasteiger partial charge in [-0.15, -0.1) is 0 Å². The normalized spacial score (nSPS) is 18.9. The Morgan fingerprint density at radius 1 is 1.45 bits per heavy atom. The molecule has 1 aliphatic rings. The SMILES string of the molecule is CCOC(=O)C1CCN(C(C)c2nc(CC)no2)CC1. The van der Waals surface area contributed by atoms with E-state index in [2.05, 4.69) is 22.0 Å². The van der Waals surface area contributed by atoms with E-state index >= 15 is 0 Å². The molecule has 2 rings (SSSR count). The van der Waals surface area contributed by atoms with Crippen LogP contribution >= 0.6 is 0 Å². The van der Waals surface area contributed by atoms with Gasteiger partial charge < -0.3 is 9.26 Å². The number of likely N-dealkylation sites (tertiary alicyclic amines) is 1. The minimum absolute atomic E-state index is 0.0345. The predicted octanol–water partition coefficient (Wildman–Crippen LogP) is 1.97. The number of ether oxygens (including phenoxy) is 1. The lowest BCUT2D eigenvalue weighted by Gasteiger charge is -2.33. The Labute approximate surface area is 119 Å². The predicted molar refractivity (Wildman–Crippen MR) is 73.0 cm³/mol. The van der Waals surface area contributed by atoms with Crippen molar-refractivity contribution in [3.63, 3.8) is 0 Å². The van der Waals surface area contributed by atoms with Crippen molar-refractivity contribution < 1.29 is 14.1 Å². The third-order valence-corrected chi connectivity index (χ3v) is 3.85. The highest BCUT2D eigenvalue weighted by molar-refractivity contribution is 5.72. The summed E-state index contributed by atoms with van der Waals surface area (Å²) in [6.45, 7) is 8.08. The van der Waals surface area contributed by atoms with Crippen molar-refractivity contribution in [2.45, 2.75) is 46.1 Å². The molecule has 1 aromatic heterocycles. The Morgan fingerprint density at radius 3 is 2.70 bits per heavy atom. The molecular weight excluding hydrogens is 258 g/mol. The zero-order valence-electron chi connectivity index (χ0n) is 12.5. The van der Waals surface area contributed by atoms with Gasteiger partial charge in [-0.1, -0.05) is 12.1 Å². The van der Waals surface area contributed by atoms with Crippen LogP contribution in [0.1, 0.15) is 51.4 Å². The molecule has 1 aromatic rings. The molecule has 1 aliphatic heterocycles. The first-order valence-electron chi connectivity index (χ1n) is 7.38. The molecule has 1 atom stereocenters. The number of piperidine rings is 1. The minimum atomic E-state index is -0.0640. The molecule has 0 bridgehead atoms. The van der Waals surface area contributed by atoms with Crippen molar-refractivity contribution in [2.24, 2.45) is 5.92 Å². The van der Waals surface area contributed by atoms with E-state index in [9.17, 15) is 4.79 Å². The van der Waals surface area contributed by atoms with E-state index in [-0.39, 0.29) is 17.9 Å². The molecule has 0 aliphatic carbocycles. The fourth-order valence-electron chi connectivity index (χ4n) is 2.52. The van der Waals surface area contributed by atoms with Gasteiger partial charge in [0.1, 0.15) is 0 Å². The van der Waals surface area contributed by atoms with Crippen LogP contribution in [0.2, 0.25) is 0 Å². The number of aryl methyl sites for hydroxylation is 1. The Bertz CT molecular complexity index is 439. The van der Waals surface area contributed by atoms with Crippen molar-refractivity contribution in [3.8, 4) is 0 Å². The van der Waals surface area contributed by atoms with Crippen LogP contribution in [0.4, 0.5) is 0 Å². The van der Waals surface area contributed by atoms with Crippen molar-refractivity contribution >= 4 is 5.97 Å². The van der Waals surface area contributed by atoms with Gasteiger partial charge in [-0.25, -0.2) is 0 Å². The van der Waals surface area contributed by atoms with E-state index in [1.165, 1.54) is 0 Å². The summed E-state index contributed by atoms with van der Waals surface area (Å²) in [7, 11) is 0. The van der Waals surface area contributed by atoms with Gasteiger partial charge in [0, 0.05) is 6.42 Å². The van der Waals surface area contributed by atoms with Gasteiger partial charge in [0.25, 0.3) is 0 Å². The van der Waals surface area contributed by atoms with Gasteiger partial charge >= 0.3 is 5.97 Å². The van der Waals surface area contributed by atoms with Crippen LogP contribution in [-0.4, -0.2) is 40.7 Å². The third kappa shape index (κ3) is 3.36. The van der Waals surface area contributed by atoms with Crippen LogP contribution in [0, 0.1) is 5.92 Å². The maximum atomic E-state index is 11.7. The Morgan fingerprint density at radius 2 is 2.15 bits per heavy atom. The Balaban J connectivity index is 1.88. The zero-order valence-corrected chi connectivity index (χ0v) is 12.5. The van der Waals surface area contributed by atoms with Crippen molar-refractivity contribution in [1.29, 1.82) is 0 Å². The highest BCUT2D eigenvalue weighted by Gasteiger charge is 2.30. The average Bonchev–Trinajstić information content (AvgIpc) is 2.96. The lowest BCUT2D eigenvalue weighted by molar-refractivity contribution is -0.149. The maximum Gasteiger partial charge on any atom is 0.309 e. The fourth-order valence-corrected chi connectivity index (χ4v) is 2.52. The second-order valence-electron chi connectivity index (χ2n) is 5.14. The number of hydrogen-bond donors (Lipinski definition) is 0. The van der Waals surface area contributed by atoms with Crippen molar-refractivity contribution in [2.75, 3.05) is 19.7 Å². The molecule has 0 aromatic carbocycles. The standard InChI is InChI=1S/C14H23N3O3/c1-4-12-15-13(20-16-12)10(3)17-8-6-11(7-9-17)14(18)19-5-2/h10-11H,4-9H2,1-3H3. The summed E-state index contributed by atoms with van der Waals surface area (Å²) in [6.07, 6.45) is 2.44. The van der Waals surface area contributed by atoms with E-state index < -0.39 is 0 Å². The van der Waals surface area contributed by atoms with Gasteiger partial charge in [-0.2, -0.15) is 4.98 Å². The monoisotopic (exact) mass is 281 g/mol. The number of carbonyl (C=O) groups is 1. The summed E-state index contributed by atoms with van der Waals surface area (Å²) in [5.41, 5.74) is 0. The molecule has 0 amide bonds. The van der Waals surface area contributed by atoms with Crippen LogP contribution in [0.5, 0.6) is 0 Å². The summed E-state index contributed by atoms with van der Waals surface area (Å²) < 4.78 is 10.4. The van der Waals surface area contributed by atoms with Crippen molar-refractivity contribution in [1.82, 2.24) is 15.0 Å². The first-order chi connectivity index (χ1) is 9.65. The Hall–Kier alpha value is -1.43. The van der Waals surface area contributed by atoms with Gasteiger partial charge in [-0.3, -0.25) is 9.69 Å². The molecule has 1 fully saturated rings. The largest absolute Gasteiger partial charge is 0.466 e. The summed E-state index contributed by atoms with van der Waals surface area (Å²) in [6, 6.07) is 0.103. The fraction of sp³-hybridized carbons (Fsp3) is 0.786. The number of rotatable bonds is 5. The lowest BCUT2D eigenvalue weighted by Crippen LogP contribution is -2.38. The molecule has 0 radical (unpaired) electrons. The minimum Gasteiger partial charge on any atom is -0.466 e. The molecule has 1 saturated heterocycles. The second kappa shape index (κ2) is 6.83. The van der Waals surface area contributed by atoms with Gasteiger partial charge in [0.15, 0.2) is 5.82 Å². The highest BCUT2D eigenvalue weighted by Crippen LogP contribution is 2.26. The zero-order chi connectivity index (χ0) is 14.5. The quantitative estimate of drug-likeness (QED) is 0.769. The molecule has 2 heterocycles. The first-order valence-corrected chi connectivity index (χ1v) is 7.38.